The second-order valence-corrected chi connectivity index (χ2v) is 9.92. The van der Waals surface area contributed by atoms with Crippen molar-refractivity contribution in [2.45, 2.75) is 79.3 Å². The fourth-order valence-electron chi connectivity index (χ4n) is 4.54. The Morgan fingerprint density at radius 3 is 2.50 bits per heavy atom. The van der Waals surface area contributed by atoms with Crippen LogP contribution in [0.5, 0.6) is 0 Å². The number of carbonyl (C=O) groups excluding carboxylic acids is 2. The monoisotopic (exact) mass is 495 g/mol. The number of benzene rings is 1. The molecular formula is C27H37N5O4. The molecule has 0 bridgehead atoms. The van der Waals surface area contributed by atoms with Crippen LogP contribution >= 0.6 is 0 Å². The van der Waals surface area contributed by atoms with Crippen LogP contribution in [0.3, 0.4) is 0 Å². The van der Waals surface area contributed by atoms with Crippen molar-refractivity contribution in [3.05, 3.63) is 57.8 Å². The Bertz CT molecular complexity index is 1260. The van der Waals surface area contributed by atoms with Crippen LogP contribution in [0.4, 0.5) is 0 Å². The summed E-state index contributed by atoms with van der Waals surface area (Å²) in [6.45, 7) is 9.97. The van der Waals surface area contributed by atoms with Crippen molar-refractivity contribution < 1.29 is 14.1 Å². The SMILES string of the molecule is CCCCC(C)(C)C(=O)N(CCC(N)=O)C(CC)c1nc2onc(C)c2c(=O)n1Cc1ccccc1. The summed E-state index contributed by atoms with van der Waals surface area (Å²) in [6.07, 6.45) is 3.07. The van der Waals surface area contributed by atoms with E-state index in [0.717, 1.165) is 18.4 Å². The van der Waals surface area contributed by atoms with Gasteiger partial charge in [0.2, 0.25) is 11.8 Å². The number of primary amides is 1. The first-order valence-corrected chi connectivity index (χ1v) is 12.6. The number of amides is 2. The quantitative estimate of drug-likeness (QED) is 0.403. The van der Waals surface area contributed by atoms with E-state index >= 15 is 0 Å². The van der Waals surface area contributed by atoms with Gasteiger partial charge >= 0.3 is 0 Å². The topological polar surface area (TPSA) is 124 Å². The Morgan fingerprint density at radius 1 is 1.19 bits per heavy atom. The molecule has 36 heavy (non-hydrogen) atoms. The fourth-order valence-corrected chi connectivity index (χ4v) is 4.54. The molecule has 0 saturated carbocycles. The number of carbonyl (C=O) groups is 2. The zero-order valence-electron chi connectivity index (χ0n) is 21.9. The van der Waals surface area contributed by atoms with Crippen molar-refractivity contribution in [2.24, 2.45) is 11.1 Å². The first-order chi connectivity index (χ1) is 17.1. The van der Waals surface area contributed by atoms with Gasteiger partial charge in [0.15, 0.2) is 0 Å². The third-order valence-corrected chi connectivity index (χ3v) is 6.64. The Balaban J connectivity index is 2.18. The Hall–Kier alpha value is -3.49. The number of hydrogen-bond acceptors (Lipinski definition) is 6. The molecule has 0 fully saturated rings. The smallest absolute Gasteiger partial charge is 0.267 e. The Kier molecular flexibility index (Phi) is 8.66. The van der Waals surface area contributed by atoms with Gasteiger partial charge in [-0.15, -0.1) is 0 Å². The van der Waals surface area contributed by atoms with Crippen molar-refractivity contribution in [1.29, 1.82) is 0 Å². The highest BCUT2D eigenvalue weighted by Crippen LogP contribution is 2.33. The molecule has 2 N–H and O–H groups in total. The molecule has 2 amide bonds. The summed E-state index contributed by atoms with van der Waals surface area (Å²) in [4.78, 5) is 45.7. The first-order valence-electron chi connectivity index (χ1n) is 12.6. The summed E-state index contributed by atoms with van der Waals surface area (Å²) >= 11 is 0. The van der Waals surface area contributed by atoms with Crippen molar-refractivity contribution in [3.8, 4) is 0 Å². The minimum atomic E-state index is -0.654. The van der Waals surface area contributed by atoms with Crippen LogP contribution < -0.4 is 11.3 Å². The van der Waals surface area contributed by atoms with Gasteiger partial charge in [-0.2, -0.15) is 4.98 Å². The summed E-state index contributed by atoms with van der Waals surface area (Å²) in [6, 6.07) is 9.04. The zero-order valence-corrected chi connectivity index (χ0v) is 21.9. The lowest BCUT2D eigenvalue weighted by Crippen LogP contribution is -2.46. The van der Waals surface area contributed by atoms with E-state index < -0.39 is 17.4 Å². The highest BCUT2D eigenvalue weighted by molar-refractivity contribution is 5.83. The van der Waals surface area contributed by atoms with Gasteiger partial charge in [-0.1, -0.05) is 76.0 Å². The van der Waals surface area contributed by atoms with Crippen LogP contribution in [0.15, 0.2) is 39.6 Å². The van der Waals surface area contributed by atoms with Crippen molar-refractivity contribution in [1.82, 2.24) is 19.6 Å². The number of aryl methyl sites for hydroxylation is 1. The predicted octanol–water partition coefficient (Wildman–Crippen LogP) is 4.11. The summed E-state index contributed by atoms with van der Waals surface area (Å²) in [5.41, 5.74) is 6.07. The molecule has 1 aromatic carbocycles. The number of fused-ring (bicyclic) bond motifs is 1. The highest BCUT2D eigenvalue weighted by Gasteiger charge is 2.37. The third kappa shape index (κ3) is 5.83. The molecule has 1 atom stereocenters. The second kappa shape index (κ2) is 11.5. The Labute approximate surface area is 211 Å². The van der Waals surface area contributed by atoms with Crippen molar-refractivity contribution in [3.63, 3.8) is 0 Å². The number of aromatic nitrogens is 3. The van der Waals surface area contributed by atoms with Crippen LogP contribution in [0.25, 0.3) is 11.1 Å². The van der Waals surface area contributed by atoms with E-state index in [2.05, 4.69) is 12.1 Å². The van der Waals surface area contributed by atoms with E-state index in [9.17, 15) is 14.4 Å². The maximum absolute atomic E-state index is 13.9. The van der Waals surface area contributed by atoms with Crippen LogP contribution in [-0.4, -0.2) is 38.0 Å². The highest BCUT2D eigenvalue weighted by atomic mass is 16.5. The van der Waals surface area contributed by atoms with Crippen molar-refractivity contribution in [2.75, 3.05) is 6.54 Å². The lowest BCUT2D eigenvalue weighted by molar-refractivity contribution is -0.144. The molecule has 9 heteroatoms. The number of unbranched alkanes of at least 4 members (excludes halogenated alkanes) is 1. The van der Waals surface area contributed by atoms with Gasteiger partial charge < -0.3 is 15.2 Å². The van der Waals surface area contributed by atoms with Gasteiger partial charge in [-0.3, -0.25) is 19.0 Å². The molecule has 3 aromatic rings. The summed E-state index contributed by atoms with van der Waals surface area (Å²) < 4.78 is 6.97. The van der Waals surface area contributed by atoms with Gasteiger partial charge in [0.25, 0.3) is 11.3 Å². The molecule has 0 aliphatic carbocycles. The molecule has 194 valence electrons. The van der Waals surface area contributed by atoms with Crippen LogP contribution in [0.1, 0.15) is 82.9 Å². The molecule has 2 heterocycles. The molecular weight excluding hydrogens is 458 g/mol. The Morgan fingerprint density at radius 2 is 1.89 bits per heavy atom. The largest absolute Gasteiger partial charge is 0.370 e. The van der Waals surface area contributed by atoms with Gasteiger partial charge in [0.1, 0.15) is 11.2 Å². The lowest BCUT2D eigenvalue weighted by Gasteiger charge is -2.37. The van der Waals surface area contributed by atoms with Crippen molar-refractivity contribution >= 4 is 22.9 Å². The minimum Gasteiger partial charge on any atom is -0.370 e. The molecule has 9 nitrogen and oxygen atoms in total. The molecule has 0 radical (unpaired) electrons. The predicted molar refractivity (Wildman–Crippen MR) is 138 cm³/mol. The number of nitrogens with zero attached hydrogens (tertiary/aromatic N) is 4. The number of rotatable bonds is 12. The van der Waals surface area contributed by atoms with Gasteiger partial charge in [0.05, 0.1) is 18.3 Å². The summed E-state index contributed by atoms with van der Waals surface area (Å²) in [7, 11) is 0. The van der Waals surface area contributed by atoms with Crippen LogP contribution in [-0.2, 0) is 16.1 Å². The van der Waals surface area contributed by atoms with E-state index in [1.807, 2.05) is 51.1 Å². The number of nitrogens with two attached hydrogens (primary N) is 1. The van der Waals surface area contributed by atoms with Gasteiger partial charge in [-0.25, -0.2) is 0 Å². The molecule has 0 aliphatic heterocycles. The molecule has 0 spiro atoms. The normalized spacial score (nSPS) is 12.6. The maximum Gasteiger partial charge on any atom is 0.267 e. The summed E-state index contributed by atoms with van der Waals surface area (Å²) in [5, 5.41) is 4.27. The first kappa shape index (κ1) is 27.1. The third-order valence-electron chi connectivity index (χ3n) is 6.64. The standard InChI is InChI=1S/C27H37N5O4/c1-6-8-15-27(4,5)26(35)31(16-14-21(28)33)20(7-2)23-29-24-22(18(3)30-36-24)25(34)32(23)17-19-12-10-9-11-13-19/h9-13,20H,6-8,14-17H2,1-5H3,(H2,28,33). The van der Waals surface area contributed by atoms with E-state index in [1.54, 1.807) is 16.4 Å². The lowest BCUT2D eigenvalue weighted by atomic mass is 9.85. The molecule has 3 rings (SSSR count). The molecule has 0 aliphatic rings. The average molecular weight is 496 g/mol. The van der Waals surface area contributed by atoms with Gasteiger partial charge in [-0.05, 0) is 25.3 Å². The number of hydrogen-bond donors (Lipinski definition) is 1. The fraction of sp³-hybridized carbons (Fsp3) is 0.519. The minimum absolute atomic E-state index is 0.0126. The van der Waals surface area contributed by atoms with E-state index in [0.29, 0.717) is 29.7 Å². The van der Waals surface area contributed by atoms with E-state index in [-0.39, 0.29) is 36.7 Å². The maximum atomic E-state index is 13.9. The van der Waals surface area contributed by atoms with E-state index in [4.69, 9.17) is 15.2 Å². The zero-order chi connectivity index (χ0) is 26.5. The van der Waals surface area contributed by atoms with Crippen LogP contribution in [0.2, 0.25) is 0 Å². The van der Waals surface area contributed by atoms with Gasteiger partial charge in [0, 0.05) is 18.4 Å². The molecule has 2 aromatic heterocycles. The molecule has 1 unspecified atom stereocenters. The molecule has 0 saturated heterocycles. The summed E-state index contributed by atoms with van der Waals surface area (Å²) in [5.74, 6) is -0.192. The van der Waals surface area contributed by atoms with E-state index in [1.165, 1.54) is 0 Å². The second-order valence-electron chi connectivity index (χ2n) is 9.92. The van der Waals surface area contributed by atoms with Crippen LogP contribution in [0, 0.1) is 12.3 Å². The average Bonchev–Trinajstić information content (AvgIpc) is 3.23.